The predicted octanol–water partition coefficient (Wildman–Crippen LogP) is -3.16. The van der Waals surface area contributed by atoms with Gasteiger partial charge in [0.25, 0.3) is 0 Å². The fourth-order valence-electron chi connectivity index (χ4n) is 0.132. The summed E-state index contributed by atoms with van der Waals surface area (Å²) in [7, 11) is -4.91. The number of nitrogens with two attached hydrogens (primary N) is 1. The maximum atomic E-state index is 10.9. The molecule has 0 aromatic rings. The van der Waals surface area contributed by atoms with Gasteiger partial charge in [-0.2, -0.15) is 12.6 Å². The van der Waals surface area contributed by atoms with Gasteiger partial charge in [-0.25, -0.2) is 5.14 Å². The van der Waals surface area contributed by atoms with Crippen molar-refractivity contribution in [2.24, 2.45) is 5.14 Å². The van der Waals surface area contributed by atoms with Crippen molar-refractivity contribution in [2.75, 3.05) is 0 Å². The van der Waals surface area contributed by atoms with Crippen LogP contribution >= 0.6 is 0 Å². The van der Waals surface area contributed by atoms with Crippen LogP contribution in [0.15, 0.2) is 0 Å². The minimum absolute atomic E-state index is 0. The molecule has 0 aromatic heterocycles. The van der Waals surface area contributed by atoms with E-state index in [-0.39, 0.29) is 20.3 Å². The molecule has 0 amide bonds. The molecule has 0 spiro atoms. The SMILES string of the molecule is NS(=O)(=O)OC(F)(F)F.[H-].[Li+]. The second-order valence-electron chi connectivity index (χ2n) is 1.02. The molecule has 0 aliphatic rings. The summed E-state index contributed by atoms with van der Waals surface area (Å²) in [5, 5.41) is 3.85. The summed E-state index contributed by atoms with van der Waals surface area (Å²) in [6.45, 7) is 0. The third kappa shape index (κ3) is 11.1. The Kier molecular flexibility index (Phi) is 4.63. The number of alkyl halides is 3. The first kappa shape index (κ1) is 12.9. The van der Waals surface area contributed by atoms with Crippen LogP contribution in [0.4, 0.5) is 13.2 Å². The normalized spacial score (nSPS) is 12.4. The summed E-state index contributed by atoms with van der Waals surface area (Å²) >= 11 is 0. The topological polar surface area (TPSA) is 69.4 Å². The fourth-order valence-corrected chi connectivity index (χ4v) is 0.395. The number of hydrogen-bond donors (Lipinski definition) is 1. The molecule has 58 valence electrons. The first-order valence-corrected chi connectivity index (χ1v) is 2.98. The van der Waals surface area contributed by atoms with Crippen LogP contribution < -0.4 is 24.0 Å². The van der Waals surface area contributed by atoms with E-state index in [4.69, 9.17) is 0 Å². The van der Waals surface area contributed by atoms with Gasteiger partial charge in [0, 0.05) is 0 Å². The maximum absolute atomic E-state index is 10.9. The Labute approximate surface area is 68.4 Å². The van der Waals surface area contributed by atoms with Crippen molar-refractivity contribution in [3.63, 3.8) is 0 Å². The van der Waals surface area contributed by atoms with Crippen molar-refractivity contribution in [3.8, 4) is 0 Å². The molecule has 2 N–H and O–H groups in total. The van der Waals surface area contributed by atoms with Crippen LogP contribution in [0.5, 0.6) is 0 Å². The van der Waals surface area contributed by atoms with Crippen molar-refractivity contribution in [2.45, 2.75) is 6.36 Å². The molecule has 0 aliphatic carbocycles. The number of hydrogen-bond acceptors (Lipinski definition) is 3. The van der Waals surface area contributed by atoms with E-state index in [2.05, 4.69) is 9.32 Å². The van der Waals surface area contributed by atoms with Gasteiger partial charge >= 0.3 is 35.5 Å². The molecular formula is CH3F3LiNO3S. The van der Waals surface area contributed by atoms with Gasteiger partial charge in [-0.05, 0) is 0 Å². The Balaban J connectivity index is -0.000000320. The van der Waals surface area contributed by atoms with E-state index in [0.29, 0.717) is 0 Å². The zero-order valence-corrected chi connectivity index (χ0v) is 5.66. The van der Waals surface area contributed by atoms with E-state index in [0.717, 1.165) is 0 Å². The molecule has 0 rings (SSSR count). The quantitative estimate of drug-likeness (QED) is 0.425. The molecule has 0 fully saturated rings. The van der Waals surface area contributed by atoms with E-state index in [9.17, 15) is 21.6 Å². The van der Waals surface area contributed by atoms with Crippen molar-refractivity contribution < 1.29 is 46.1 Å². The summed E-state index contributed by atoms with van der Waals surface area (Å²) < 4.78 is 54.0. The van der Waals surface area contributed by atoms with Crippen LogP contribution in [0, 0.1) is 0 Å². The molecule has 0 aromatic carbocycles. The van der Waals surface area contributed by atoms with E-state index < -0.39 is 16.7 Å². The van der Waals surface area contributed by atoms with E-state index in [1.54, 1.807) is 0 Å². The van der Waals surface area contributed by atoms with Crippen LogP contribution in [-0.2, 0) is 14.5 Å². The molecular weight excluding hydrogens is 170 g/mol. The van der Waals surface area contributed by atoms with Crippen molar-refractivity contribution in [1.82, 2.24) is 0 Å². The Hall–Kier alpha value is 0.257. The minimum atomic E-state index is -5.23. The average molecular weight is 173 g/mol. The number of halogens is 3. The third-order valence-corrected chi connectivity index (χ3v) is 0.632. The van der Waals surface area contributed by atoms with Gasteiger partial charge in [0.1, 0.15) is 0 Å². The summed E-state index contributed by atoms with van der Waals surface area (Å²) in [6.07, 6.45) is -5.23. The second kappa shape index (κ2) is 3.59. The molecule has 0 bridgehead atoms. The summed E-state index contributed by atoms with van der Waals surface area (Å²) in [4.78, 5) is 0. The maximum Gasteiger partial charge on any atom is 1.00 e. The van der Waals surface area contributed by atoms with Crippen LogP contribution in [0.3, 0.4) is 0 Å². The summed E-state index contributed by atoms with van der Waals surface area (Å²) in [6, 6.07) is 0. The minimum Gasteiger partial charge on any atom is -1.00 e. The van der Waals surface area contributed by atoms with Gasteiger partial charge in [-0.1, -0.05) is 0 Å². The monoisotopic (exact) mass is 173 g/mol. The Morgan fingerprint density at radius 1 is 1.40 bits per heavy atom. The van der Waals surface area contributed by atoms with E-state index in [1.807, 2.05) is 0 Å². The first-order chi connectivity index (χ1) is 3.71. The van der Waals surface area contributed by atoms with Gasteiger partial charge in [0.05, 0.1) is 0 Å². The molecule has 10 heavy (non-hydrogen) atoms. The predicted molar refractivity (Wildman–Crippen MR) is 21.4 cm³/mol. The van der Waals surface area contributed by atoms with Crippen LogP contribution in [-0.4, -0.2) is 14.8 Å². The molecule has 0 radical (unpaired) electrons. The molecule has 9 heteroatoms. The zero-order valence-electron chi connectivity index (χ0n) is 5.84. The largest absolute Gasteiger partial charge is 1.00 e. The first-order valence-electron chi connectivity index (χ1n) is 1.51. The fraction of sp³-hybridized carbons (Fsp3) is 1.00. The average Bonchev–Trinajstić information content (AvgIpc) is 1.14. The standard InChI is InChI=1S/CH2F3NO3S.Li.H/c2-1(3,4)8-9(5,6)7;;/h(H2,5,6,7);;/q;+1;-1. The number of rotatable bonds is 1. The van der Waals surface area contributed by atoms with Gasteiger partial charge in [0.15, 0.2) is 0 Å². The van der Waals surface area contributed by atoms with Crippen LogP contribution in [0.1, 0.15) is 1.43 Å². The smallest absolute Gasteiger partial charge is 1.00 e. The summed E-state index contributed by atoms with van der Waals surface area (Å²) in [5.74, 6) is 0. The molecule has 0 saturated carbocycles. The zero-order chi connectivity index (χ0) is 7.71. The Morgan fingerprint density at radius 3 is 1.70 bits per heavy atom. The molecule has 0 aliphatic heterocycles. The molecule has 0 unspecified atom stereocenters. The van der Waals surface area contributed by atoms with Gasteiger partial charge < -0.3 is 1.43 Å². The van der Waals surface area contributed by atoms with Crippen molar-refractivity contribution >= 4 is 10.3 Å². The van der Waals surface area contributed by atoms with Gasteiger partial charge in [-0.15, -0.1) is 13.2 Å². The van der Waals surface area contributed by atoms with Crippen LogP contribution in [0.25, 0.3) is 0 Å². The Morgan fingerprint density at radius 2 is 1.70 bits per heavy atom. The Bertz CT molecular complexity index is 189. The van der Waals surface area contributed by atoms with Gasteiger partial charge in [0.2, 0.25) is 0 Å². The van der Waals surface area contributed by atoms with E-state index in [1.165, 1.54) is 0 Å². The molecule has 0 saturated heterocycles. The van der Waals surface area contributed by atoms with E-state index >= 15 is 0 Å². The second-order valence-corrected chi connectivity index (χ2v) is 2.17. The van der Waals surface area contributed by atoms with Gasteiger partial charge in [-0.3, -0.25) is 0 Å². The van der Waals surface area contributed by atoms with Crippen LogP contribution in [0.2, 0.25) is 0 Å². The molecule has 0 heterocycles. The molecule has 0 atom stereocenters. The van der Waals surface area contributed by atoms with Crippen molar-refractivity contribution in [3.05, 3.63) is 0 Å². The van der Waals surface area contributed by atoms with Crippen molar-refractivity contribution in [1.29, 1.82) is 0 Å². The molecule has 4 nitrogen and oxygen atoms in total. The third-order valence-electron chi connectivity index (χ3n) is 0.211. The summed E-state index contributed by atoms with van der Waals surface area (Å²) in [5.41, 5.74) is 0.